The predicted octanol–water partition coefficient (Wildman–Crippen LogP) is 0.906. The minimum Gasteiger partial charge on any atom is -0.457 e. The van der Waals surface area contributed by atoms with Crippen molar-refractivity contribution in [3.05, 3.63) is 112 Å². The lowest BCUT2D eigenvalue weighted by Crippen LogP contribution is -2.61. The monoisotopic (exact) mass is 1190 g/mol. The van der Waals surface area contributed by atoms with Crippen molar-refractivity contribution in [2.24, 2.45) is 11.7 Å². The number of primary amides is 1. The summed E-state index contributed by atoms with van der Waals surface area (Å²) in [5.74, 6) is -4.50. The van der Waals surface area contributed by atoms with Crippen molar-refractivity contribution in [2.45, 2.75) is 107 Å². The van der Waals surface area contributed by atoms with Gasteiger partial charge in [-0.15, -0.1) is 0 Å². The maximum Gasteiger partial charge on any atom is 0.417 e. The number of aliphatic hydroxyl groups is 8. The molecular formula is C53H63ClF3N7O19. The Morgan fingerprint density at radius 3 is 2.13 bits per heavy atom. The van der Waals surface area contributed by atoms with Gasteiger partial charge in [0.1, 0.15) is 72.6 Å². The number of likely N-dealkylation sites (N-methyl/N-ethyl adjacent to an activating group) is 1. The van der Waals surface area contributed by atoms with Crippen LogP contribution in [0.2, 0.25) is 5.02 Å². The molecule has 4 aromatic rings. The molecule has 26 nitrogen and oxygen atoms in total. The standard InChI is InChI=1S/C53H63ClF3N7O19/c1-26(3-14-37(67)42(71)45(74)47(39(69)23-65)83-50-46(75)44(73)43(72)40(24-66)82-50)48(76)63-35(22-41(58)70)38(68)19-27-4-6-28(7-5-27)25-80-52(79)64(2)18-17-60-49(77)36-21-32(15-16-59-36)81-31-11-8-29(9-12-31)61-51(78)62-30-10-13-34(54)33(20-30)53(55,56)57/h4-13,15-16,20-21,26,35,39-40,42-47,50,65-66,69,71-75H,3,14,17-19,22-25H2,1-2H3,(H2,58,70)(H,60,77)(H,63,76)(H2,61,62,78)/t26?,35?,39-,40-,42+,43+,44+,45+,46-,47+,50+/m1/s1. The zero-order chi connectivity index (χ0) is 61.3. The van der Waals surface area contributed by atoms with Crippen LogP contribution in [0.15, 0.2) is 85.1 Å². The normalized spacial score (nSPS) is 19.1. The average molecular weight is 1190 g/mol. The average Bonchev–Trinajstić information content (AvgIpc) is 3.66. The van der Waals surface area contributed by atoms with Crippen LogP contribution in [-0.2, 0) is 52.6 Å². The number of aromatic nitrogens is 1. The van der Waals surface area contributed by atoms with Crippen LogP contribution in [0.3, 0.4) is 0 Å². The number of hydrogen-bond donors (Lipinski definition) is 13. The fraction of sp³-hybridized carbons (Fsp3) is 0.434. The van der Waals surface area contributed by atoms with Crippen LogP contribution in [0.4, 0.5) is 34.1 Å². The van der Waals surface area contributed by atoms with Crippen LogP contribution in [-0.4, -0.2) is 187 Å². The molecule has 6 amide bonds. The molecule has 2 heterocycles. The molecule has 1 aliphatic rings. The number of ether oxygens (including phenoxy) is 4. The number of rotatable bonds is 28. The van der Waals surface area contributed by atoms with Gasteiger partial charge in [0.15, 0.2) is 17.9 Å². The molecule has 30 heteroatoms. The Bertz CT molecular complexity index is 2870. The second kappa shape index (κ2) is 30.8. The Balaban J connectivity index is 1.02. The molecule has 11 atom stereocenters. The van der Waals surface area contributed by atoms with Crippen LogP contribution in [0, 0.1) is 5.92 Å². The van der Waals surface area contributed by atoms with Gasteiger partial charge in [0.05, 0.1) is 36.3 Å². The predicted molar refractivity (Wildman–Crippen MR) is 283 cm³/mol. The summed E-state index contributed by atoms with van der Waals surface area (Å²) < 4.78 is 61.3. The molecule has 83 heavy (non-hydrogen) atoms. The Kier molecular flexibility index (Phi) is 24.6. The quantitative estimate of drug-likeness (QED) is 0.0376. The van der Waals surface area contributed by atoms with Gasteiger partial charge in [0.25, 0.3) is 5.91 Å². The number of halogens is 4. The molecule has 0 radical (unpaired) electrons. The van der Waals surface area contributed by atoms with Gasteiger partial charge in [-0.05, 0) is 66.1 Å². The van der Waals surface area contributed by atoms with Crippen LogP contribution in [0.25, 0.3) is 0 Å². The van der Waals surface area contributed by atoms with Crippen LogP contribution >= 0.6 is 11.6 Å². The molecule has 3 aromatic carbocycles. The van der Waals surface area contributed by atoms with Gasteiger partial charge in [-0.25, -0.2) is 9.59 Å². The van der Waals surface area contributed by atoms with E-state index in [1.54, 1.807) is 24.3 Å². The van der Waals surface area contributed by atoms with Crippen molar-refractivity contribution in [1.29, 1.82) is 0 Å². The highest BCUT2D eigenvalue weighted by Crippen LogP contribution is 2.36. The topological polar surface area (TPSA) is 409 Å². The summed E-state index contributed by atoms with van der Waals surface area (Å²) in [7, 11) is 1.44. The van der Waals surface area contributed by atoms with Gasteiger partial charge >= 0.3 is 18.3 Å². The number of alkyl halides is 3. The zero-order valence-electron chi connectivity index (χ0n) is 44.3. The third-order valence-electron chi connectivity index (χ3n) is 12.7. The van der Waals surface area contributed by atoms with Crippen molar-refractivity contribution < 1.29 is 107 Å². The molecule has 1 saturated heterocycles. The van der Waals surface area contributed by atoms with Gasteiger partial charge < -0.3 is 91.7 Å². The number of pyridine rings is 1. The highest BCUT2D eigenvalue weighted by molar-refractivity contribution is 6.31. The maximum atomic E-state index is 13.4. The highest BCUT2D eigenvalue weighted by atomic mass is 35.5. The number of benzene rings is 3. The minimum absolute atomic E-state index is 0.00825. The SMILES string of the molecule is CC(CCC(=O)[C@H](O)[C@H](O)[C@@H](O[C@@H]1O[C@H](CO)[C@H](O)[C@H](O)[C@H]1O)[C@H](O)CO)C(=O)NC(CC(N)=O)C(=O)Cc1ccc(COC(=O)N(C)CCNC(=O)c2cc(Oc3ccc(NC(=O)Nc4ccc(Cl)c(C(F)(F)F)c4)cc3)ccn2)cc1. The zero-order valence-corrected chi connectivity index (χ0v) is 45.1. The van der Waals surface area contributed by atoms with Crippen molar-refractivity contribution in [3.8, 4) is 11.5 Å². The molecule has 452 valence electrons. The lowest BCUT2D eigenvalue weighted by molar-refractivity contribution is -0.326. The Labute approximate surface area is 476 Å². The molecule has 5 rings (SSSR count). The van der Waals surface area contributed by atoms with Crippen molar-refractivity contribution in [1.82, 2.24) is 20.5 Å². The summed E-state index contributed by atoms with van der Waals surface area (Å²) in [6.07, 6.45) is -23.6. The maximum absolute atomic E-state index is 13.4. The van der Waals surface area contributed by atoms with Crippen molar-refractivity contribution >= 4 is 64.4 Å². The Morgan fingerprint density at radius 2 is 1.49 bits per heavy atom. The van der Waals surface area contributed by atoms with E-state index < -0.39 is 151 Å². The number of carbonyl (C=O) groups excluding carboxylic acids is 7. The van der Waals surface area contributed by atoms with E-state index in [2.05, 4.69) is 26.3 Å². The first-order valence-corrected chi connectivity index (χ1v) is 25.7. The number of nitrogens with two attached hydrogens (primary N) is 1. The van der Waals surface area contributed by atoms with E-state index in [1.165, 1.54) is 67.5 Å². The van der Waals surface area contributed by atoms with E-state index in [9.17, 15) is 87.6 Å². The third kappa shape index (κ3) is 19.6. The molecule has 0 saturated carbocycles. The van der Waals surface area contributed by atoms with E-state index in [4.69, 9.17) is 36.3 Å². The van der Waals surface area contributed by atoms with E-state index in [1.807, 2.05) is 0 Å². The molecule has 2 unspecified atom stereocenters. The number of anilines is 2. The number of ketones is 2. The molecule has 0 bridgehead atoms. The lowest BCUT2D eigenvalue weighted by atomic mass is 9.94. The van der Waals surface area contributed by atoms with Crippen LogP contribution < -0.4 is 31.7 Å². The Hall–Kier alpha value is -7.42. The van der Waals surface area contributed by atoms with Gasteiger partial charge in [0, 0.05) is 62.5 Å². The van der Waals surface area contributed by atoms with E-state index >= 15 is 0 Å². The summed E-state index contributed by atoms with van der Waals surface area (Å²) in [6, 6.07) is 15.7. The lowest BCUT2D eigenvalue weighted by Gasteiger charge is -2.42. The second-order valence-corrected chi connectivity index (χ2v) is 19.5. The number of amides is 6. The van der Waals surface area contributed by atoms with Gasteiger partial charge in [-0.3, -0.25) is 29.0 Å². The summed E-state index contributed by atoms with van der Waals surface area (Å²) in [5.41, 5.74) is 5.36. The largest absolute Gasteiger partial charge is 0.457 e. The fourth-order valence-electron chi connectivity index (χ4n) is 7.91. The molecule has 0 spiro atoms. The summed E-state index contributed by atoms with van der Waals surface area (Å²) >= 11 is 5.64. The van der Waals surface area contributed by atoms with E-state index in [0.29, 0.717) is 22.9 Å². The highest BCUT2D eigenvalue weighted by Gasteiger charge is 2.47. The number of hydrogen-bond acceptors (Lipinski definition) is 20. The molecule has 14 N–H and O–H groups in total. The molecule has 0 aliphatic carbocycles. The second-order valence-electron chi connectivity index (χ2n) is 19.1. The minimum atomic E-state index is -4.72. The first-order valence-electron chi connectivity index (χ1n) is 25.4. The van der Waals surface area contributed by atoms with Crippen LogP contribution in [0.5, 0.6) is 11.5 Å². The van der Waals surface area contributed by atoms with Gasteiger partial charge in [0.2, 0.25) is 11.8 Å². The number of urea groups is 1. The first kappa shape index (κ1) is 66.4. The smallest absolute Gasteiger partial charge is 0.417 e. The van der Waals surface area contributed by atoms with Gasteiger partial charge in [-0.1, -0.05) is 42.8 Å². The van der Waals surface area contributed by atoms with Crippen molar-refractivity contribution in [3.63, 3.8) is 0 Å². The third-order valence-corrected chi connectivity index (χ3v) is 13.1. The molecule has 1 aromatic heterocycles. The van der Waals surface area contributed by atoms with Crippen LogP contribution in [0.1, 0.15) is 53.4 Å². The first-order chi connectivity index (χ1) is 39.2. The summed E-state index contributed by atoms with van der Waals surface area (Å²) in [4.78, 5) is 94.9. The van der Waals surface area contributed by atoms with Gasteiger partial charge in [-0.2, -0.15) is 13.2 Å². The summed E-state index contributed by atoms with van der Waals surface area (Å²) in [5, 5.41) is 90.6. The Morgan fingerprint density at radius 1 is 0.843 bits per heavy atom. The fourth-order valence-corrected chi connectivity index (χ4v) is 8.14. The number of nitrogens with one attached hydrogen (secondary N) is 4. The van der Waals surface area contributed by atoms with Crippen molar-refractivity contribution in [2.75, 3.05) is 44.0 Å². The van der Waals surface area contributed by atoms with E-state index in [0.717, 1.165) is 6.07 Å². The number of Topliss-reactive ketones (excluding diaryl/α,β-unsaturated/α-hetero) is 2. The van der Waals surface area contributed by atoms with E-state index in [-0.39, 0.29) is 55.4 Å². The molecular weight excluding hydrogens is 1130 g/mol. The molecule has 1 fully saturated rings. The number of carbonyl (C=O) groups is 7. The molecule has 1 aliphatic heterocycles. The summed E-state index contributed by atoms with van der Waals surface area (Å²) in [6.45, 7) is -0.747. The number of aliphatic hydroxyl groups excluding tert-OH is 8. The number of nitrogens with zero attached hydrogens (tertiary/aromatic N) is 2.